The van der Waals surface area contributed by atoms with Gasteiger partial charge in [0, 0.05) is 17.1 Å². The van der Waals surface area contributed by atoms with E-state index < -0.39 is 5.82 Å². The van der Waals surface area contributed by atoms with Crippen LogP contribution in [0.15, 0.2) is 35.7 Å². The first kappa shape index (κ1) is 15.3. The summed E-state index contributed by atoms with van der Waals surface area (Å²) in [6.07, 6.45) is 2.03. The van der Waals surface area contributed by atoms with Crippen molar-refractivity contribution in [1.82, 2.24) is 4.90 Å². The largest absolute Gasteiger partial charge is 0.376 e. The molecule has 1 fully saturated rings. The van der Waals surface area contributed by atoms with Gasteiger partial charge < -0.3 is 10.2 Å². The molecule has 6 heteroatoms. The van der Waals surface area contributed by atoms with Gasteiger partial charge in [0.2, 0.25) is 5.91 Å². The molecule has 1 aliphatic heterocycles. The third-order valence-corrected chi connectivity index (χ3v) is 5.07. The van der Waals surface area contributed by atoms with Crippen molar-refractivity contribution in [3.05, 3.63) is 51.4 Å². The molecule has 1 aliphatic rings. The molecule has 1 saturated heterocycles. The van der Waals surface area contributed by atoms with E-state index >= 15 is 0 Å². The minimum absolute atomic E-state index is 0.0510. The summed E-state index contributed by atoms with van der Waals surface area (Å²) in [5.74, 6) is -0.410. The third kappa shape index (κ3) is 3.25. The Hall–Kier alpha value is -1.59. The zero-order valence-corrected chi connectivity index (χ0v) is 13.5. The Morgan fingerprint density at radius 3 is 3.05 bits per heavy atom. The van der Waals surface area contributed by atoms with Crippen LogP contribution in [0.4, 0.5) is 10.1 Å². The second kappa shape index (κ2) is 6.67. The molecule has 2 heterocycles. The molecular formula is C16H16ClFN2OS. The zero-order chi connectivity index (χ0) is 15.5. The standard InChI is InChI=1S/C16H16ClFN2OS/c17-12-9-11(5-6-13(12)18)19-10-16(21)20-7-1-3-14(20)15-4-2-8-22-15/h2,4-6,8-9,14,19H,1,3,7,10H2. The van der Waals surface area contributed by atoms with Gasteiger partial charge in [0.25, 0.3) is 0 Å². The fourth-order valence-electron chi connectivity index (χ4n) is 2.73. The topological polar surface area (TPSA) is 32.3 Å². The lowest BCUT2D eigenvalue weighted by atomic mass is 10.2. The number of carbonyl (C=O) groups is 1. The van der Waals surface area contributed by atoms with Crippen molar-refractivity contribution in [1.29, 1.82) is 0 Å². The summed E-state index contributed by atoms with van der Waals surface area (Å²) in [6, 6.07) is 8.64. The van der Waals surface area contributed by atoms with Crippen molar-refractivity contribution >= 4 is 34.5 Å². The van der Waals surface area contributed by atoms with Crippen molar-refractivity contribution in [3.63, 3.8) is 0 Å². The Bertz CT molecular complexity index is 662. The molecule has 1 aromatic carbocycles. The fraction of sp³-hybridized carbons (Fsp3) is 0.312. The quantitative estimate of drug-likeness (QED) is 0.900. The van der Waals surface area contributed by atoms with Gasteiger partial charge in [-0.1, -0.05) is 17.7 Å². The van der Waals surface area contributed by atoms with Crippen LogP contribution in [0.1, 0.15) is 23.8 Å². The zero-order valence-electron chi connectivity index (χ0n) is 11.9. The molecule has 0 saturated carbocycles. The molecule has 0 aliphatic carbocycles. The van der Waals surface area contributed by atoms with Crippen molar-refractivity contribution in [3.8, 4) is 0 Å². The van der Waals surface area contributed by atoms with Crippen LogP contribution < -0.4 is 5.32 Å². The summed E-state index contributed by atoms with van der Waals surface area (Å²) in [4.78, 5) is 15.6. The molecular weight excluding hydrogens is 323 g/mol. The van der Waals surface area contributed by atoms with E-state index in [1.807, 2.05) is 16.3 Å². The normalized spacial score (nSPS) is 17.7. The minimum Gasteiger partial charge on any atom is -0.376 e. The predicted molar refractivity (Wildman–Crippen MR) is 87.9 cm³/mol. The first-order valence-corrected chi connectivity index (χ1v) is 8.42. The van der Waals surface area contributed by atoms with Gasteiger partial charge in [0.15, 0.2) is 0 Å². The molecule has 1 unspecified atom stereocenters. The Labute approximate surface area is 137 Å². The number of carbonyl (C=O) groups excluding carboxylic acids is 1. The van der Waals surface area contributed by atoms with Crippen LogP contribution in [-0.4, -0.2) is 23.9 Å². The van der Waals surface area contributed by atoms with E-state index in [1.54, 1.807) is 17.4 Å². The maximum Gasteiger partial charge on any atom is 0.242 e. The number of thiophene rings is 1. The molecule has 1 aromatic heterocycles. The van der Waals surface area contributed by atoms with E-state index in [9.17, 15) is 9.18 Å². The van der Waals surface area contributed by atoms with E-state index in [1.165, 1.54) is 17.0 Å². The van der Waals surface area contributed by atoms with Crippen molar-refractivity contribution in [2.75, 3.05) is 18.4 Å². The highest BCUT2D eigenvalue weighted by atomic mass is 35.5. The van der Waals surface area contributed by atoms with E-state index in [-0.39, 0.29) is 23.5 Å². The van der Waals surface area contributed by atoms with Crippen LogP contribution in [0.25, 0.3) is 0 Å². The molecule has 3 rings (SSSR count). The van der Waals surface area contributed by atoms with Gasteiger partial charge in [0.1, 0.15) is 5.82 Å². The third-order valence-electron chi connectivity index (χ3n) is 3.81. The average Bonchev–Trinajstić information content (AvgIpc) is 3.18. The van der Waals surface area contributed by atoms with Crippen LogP contribution in [0.2, 0.25) is 5.02 Å². The lowest BCUT2D eigenvalue weighted by molar-refractivity contribution is -0.130. The van der Waals surface area contributed by atoms with Crippen LogP contribution in [-0.2, 0) is 4.79 Å². The van der Waals surface area contributed by atoms with E-state index in [2.05, 4.69) is 11.4 Å². The maximum absolute atomic E-state index is 13.1. The lowest BCUT2D eigenvalue weighted by Crippen LogP contribution is -2.34. The molecule has 1 atom stereocenters. The smallest absolute Gasteiger partial charge is 0.242 e. The highest BCUT2D eigenvalue weighted by Gasteiger charge is 2.30. The van der Waals surface area contributed by atoms with Crippen molar-refractivity contribution < 1.29 is 9.18 Å². The van der Waals surface area contributed by atoms with Crippen LogP contribution in [0, 0.1) is 5.82 Å². The van der Waals surface area contributed by atoms with Crippen molar-refractivity contribution in [2.24, 2.45) is 0 Å². The summed E-state index contributed by atoms with van der Waals surface area (Å²) in [7, 11) is 0. The van der Waals surface area contributed by atoms with E-state index in [0.29, 0.717) is 5.69 Å². The Kier molecular flexibility index (Phi) is 4.64. The van der Waals surface area contributed by atoms with Gasteiger partial charge in [-0.05, 0) is 42.5 Å². The second-order valence-corrected chi connectivity index (χ2v) is 6.63. The Balaban J connectivity index is 1.62. The van der Waals surface area contributed by atoms with Gasteiger partial charge >= 0.3 is 0 Å². The second-order valence-electron chi connectivity index (χ2n) is 5.24. The van der Waals surface area contributed by atoms with Crippen molar-refractivity contribution in [2.45, 2.75) is 18.9 Å². The molecule has 1 amide bonds. The summed E-state index contributed by atoms with van der Waals surface area (Å²) >= 11 is 7.42. The van der Waals surface area contributed by atoms with Crippen LogP contribution >= 0.6 is 22.9 Å². The Morgan fingerprint density at radius 1 is 1.45 bits per heavy atom. The summed E-state index contributed by atoms with van der Waals surface area (Å²) in [5.41, 5.74) is 0.645. The van der Waals surface area contributed by atoms with Gasteiger partial charge in [-0.3, -0.25) is 4.79 Å². The molecule has 22 heavy (non-hydrogen) atoms. The number of halogens is 2. The molecule has 0 radical (unpaired) electrons. The first-order chi connectivity index (χ1) is 10.6. The Morgan fingerprint density at radius 2 is 2.32 bits per heavy atom. The summed E-state index contributed by atoms with van der Waals surface area (Å²) in [5, 5.41) is 5.10. The number of benzene rings is 1. The molecule has 0 bridgehead atoms. The van der Waals surface area contributed by atoms with Gasteiger partial charge in [0.05, 0.1) is 17.6 Å². The SMILES string of the molecule is O=C(CNc1ccc(F)c(Cl)c1)N1CCCC1c1cccs1. The molecule has 2 aromatic rings. The maximum atomic E-state index is 13.1. The minimum atomic E-state index is -0.462. The fourth-order valence-corrected chi connectivity index (χ4v) is 3.78. The van der Waals surface area contributed by atoms with Gasteiger partial charge in [-0.2, -0.15) is 0 Å². The number of rotatable bonds is 4. The number of hydrogen-bond donors (Lipinski definition) is 1. The summed E-state index contributed by atoms with van der Waals surface area (Å²) in [6.45, 7) is 0.969. The highest BCUT2D eigenvalue weighted by Crippen LogP contribution is 2.34. The number of nitrogens with zero attached hydrogens (tertiary/aromatic N) is 1. The number of nitrogens with one attached hydrogen (secondary N) is 1. The van der Waals surface area contributed by atoms with Gasteiger partial charge in [-0.15, -0.1) is 11.3 Å². The van der Waals surface area contributed by atoms with Crippen LogP contribution in [0.5, 0.6) is 0 Å². The van der Waals surface area contributed by atoms with E-state index in [4.69, 9.17) is 11.6 Å². The number of amides is 1. The van der Waals surface area contributed by atoms with Gasteiger partial charge in [-0.25, -0.2) is 4.39 Å². The molecule has 1 N–H and O–H groups in total. The highest BCUT2D eigenvalue weighted by molar-refractivity contribution is 7.10. The lowest BCUT2D eigenvalue weighted by Gasteiger charge is -2.24. The first-order valence-electron chi connectivity index (χ1n) is 7.17. The van der Waals surface area contributed by atoms with Crippen LogP contribution in [0.3, 0.4) is 0 Å². The average molecular weight is 339 g/mol. The number of likely N-dealkylation sites (tertiary alicyclic amines) is 1. The molecule has 0 spiro atoms. The predicted octanol–water partition coefficient (Wildman–Crippen LogP) is 4.32. The molecule has 3 nitrogen and oxygen atoms in total. The summed E-state index contributed by atoms with van der Waals surface area (Å²) < 4.78 is 13.1. The van der Waals surface area contributed by atoms with E-state index in [0.717, 1.165) is 19.4 Å². The number of hydrogen-bond acceptors (Lipinski definition) is 3. The number of anilines is 1. The molecule has 116 valence electrons. The monoisotopic (exact) mass is 338 g/mol.